The van der Waals surface area contributed by atoms with Crippen molar-refractivity contribution in [2.75, 3.05) is 5.32 Å². The third kappa shape index (κ3) is 3.03. The molecule has 0 radical (unpaired) electrons. The van der Waals surface area contributed by atoms with Gasteiger partial charge in [0, 0.05) is 19.7 Å². The van der Waals surface area contributed by atoms with Crippen LogP contribution in [0, 0.1) is 11.3 Å². The predicted molar refractivity (Wildman–Crippen MR) is 94.9 cm³/mol. The highest BCUT2D eigenvalue weighted by molar-refractivity contribution is 5.92. The molecule has 5 nitrogen and oxygen atoms in total. The molecule has 0 aliphatic rings. The Balaban J connectivity index is 1.98. The zero-order valence-electron chi connectivity index (χ0n) is 13.4. The lowest BCUT2D eigenvalue weighted by Gasteiger charge is -2.03. The Bertz CT molecular complexity index is 975. The Morgan fingerprint density at radius 1 is 1.21 bits per heavy atom. The van der Waals surface area contributed by atoms with Crippen LogP contribution in [0.5, 0.6) is 0 Å². The minimum Gasteiger partial charge on any atom is -0.327 e. The van der Waals surface area contributed by atoms with Crippen LogP contribution in [-0.2, 0) is 11.8 Å². The zero-order valence-corrected chi connectivity index (χ0v) is 13.4. The number of imidazole rings is 1. The van der Waals surface area contributed by atoms with Crippen molar-refractivity contribution in [2.45, 2.75) is 6.92 Å². The number of rotatable bonds is 3. The number of aryl methyl sites for hydroxylation is 1. The van der Waals surface area contributed by atoms with E-state index >= 15 is 0 Å². The summed E-state index contributed by atoms with van der Waals surface area (Å²) < 4.78 is 1.91. The molecule has 5 heteroatoms. The topological polar surface area (TPSA) is 70.7 Å². The predicted octanol–water partition coefficient (Wildman–Crippen LogP) is 3.60. The van der Waals surface area contributed by atoms with Gasteiger partial charge in [-0.05, 0) is 35.9 Å². The molecule has 0 atom stereocenters. The first-order chi connectivity index (χ1) is 11.6. The van der Waals surface area contributed by atoms with E-state index in [1.165, 1.54) is 6.92 Å². The highest BCUT2D eigenvalue weighted by Gasteiger charge is 2.11. The van der Waals surface area contributed by atoms with Crippen molar-refractivity contribution in [1.82, 2.24) is 9.55 Å². The molecule has 1 amide bonds. The molecule has 24 heavy (non-hydrogen) atoms. The van der Waals surface area contributed by atoms with Crippen molar-refractivity contribution in [3.63, 3.8) is 0 Å². The maximum absolute atomic E-state index is 11.1. The number of anilines is 1. The van der Waals surface area contributed by atoms with Gasteiger partial charge in [-0.25, -0.2) is 4.98 Å². The quantitative estimate of drug-likeness (QED) is 0.751. The average molecular weight is 316 g/mol. The van der Waals surface area contributed by atoms with Gasteiger partial charge in [-0.15, -0.1) is 0 Å². The van der Waals surface area contributed by atoms with Gasteiger partial charge in [0.15, 0.2) is 5.82 Å². The number of carbonyl (C=O) groups excluding carboxylic acids is 1. The van der Waals surface area contributed by atoms with E-state index < -0.39 is 0 Å². The number of hydrogen-bond acceptors (Lipinski definition) is 3. The van der Waals surface area contributed by atoms with Gasteiger partial charge in [-0.2, -0.15) is 5.26 Å². The molecule has 0 bridgehead atoms. The van der Waals surface area contributed by atoms with E-state index in [-0.39, 0.29) is 5.91 Å². The molecule has 3 aromatic rings. The third-order valence-corrected chi connectivity index (χ3v) is 3.69. The molecule has 2 aromatic carbocycles. The number of para-hydroxylation sites is 2. The van der Waals surface area contributed by atoms with E-state index in [1.807, 2.05) is 48.0 Å². The minimum atomic E-state index is -0.115. The fraction of sp³-hybridized carbons (Fsp3) is 0.105. The summed E-state index contributed by atoms with van der Waals surface area (Å²) in [5.74, 6) is 0.514. The number of allylic oxidation sites excluding steroid dienone is 1. The van der Waals surface area contributed by atoms with Crippen LogP contribution in [0.3, 0.4) is 0 Å². The van der Waals surface area contributed by atoms with Crippen molar-refractivity contribution in [1.29, 1.82) is 5.26 Å². The molecular weight excluding hydrogens is 300 g/mol. The monoisotopic (exact) mass is 316 g/mol. The van der Waals surface area contributed by atoms with E-state index in [2.05, 4.69) is 16.4 Å². The van der Waals surface area contributed by atoms with Crippen LogP contribution < -0.4 is 5.32 Å². The second kappa shape index (κ2) is 6.39. The Hall–Kier alpha value is -3.39. The van der Waals surface area contributed by atoms with Gasteiger partial charge < -0.3 is 9.88 Å². The largest absolute Gasteiger partial charge is 0.327 e. The van der Waals surface area contributed by atoms with Gasteiger partial charge >= 0.3 is 0 Å². The highest BCUT2D eigenvalue weighted by Crippen LogP contribution is 2.22. The van der Waals surface area contributed by atoms with E-state index in [0.29, 0.717) is 11.4 Å². The Labute approximate surface area is 139 Å². The Kier molecular flexibility index (Phi) is 4.13. The van der Waals surface area contributed by atoms with Crippen LogP contribution in [0.2, 0.25) is 0 Å². The summed E-state index contributed by atoms with van der Waals surface area (Å²) >= 11 is 0. The van der Waals surface area contributed by atoms with E-state index in [0.717, 1.165) is 22.3 Å². The van der Waals surface area contributed by atoms with Gasteiger partial charge in [-0.1, -0.05) is 24.3 Å². The van der Waals surface area contributed by atoms with Crippen molar-refractivity contribution < 1.29 is 4.79 Å². The summed E-state index contributed by atoms with van der Waals surface area (Å²) in [5, 5.41) is 12.3. The second-order valence-electron chi connectivity index (χ2n) is 5.46. The van der Waals surface area contributed by atoms with Gasteiger partial charge in [0.1, 0.15) is 6.07 Å². The molecule has 0 saturated carbocycles. The lowest BCUT2D eigenvalue weighted by atomic mass is 10.1. The number of aromatic nitrogens is 2. The summed E-state index contributed by atoms with van der Waals surface area (Å²) in [4.78, 5) is 15.6. The van der Waals surface area contributed by atoms with Gasteiger partial charge in [0.2, 0.25) is 5.91 Å². The molecule has 0 saturated heterocycles. The van der Waals surface area contributed by atoms with Crippen LogP contribution in [-0.4, -0.2) is 15.5 Å². The summed E-state index contributed by atoms with van der Waals surface area (Å²) in [6, 6.07) is 17.3. The molecular formula is C19H16N4O. The maximum atomic E-state index is 11.1. The molecule has 0 unspecified atom stereocenters. The number of nitriles is 1. The number of carbonyl (C=O) groups is 1. The minimum absolute atomic E-state index is 0.115. The SMILES string of the molecule is CC(=O)Nc1ccc(/C=C(\C#N)c2nc3ccccc3n2C)cc1. The van der Waals surface area contributed by atoms with Gasteiger partial charge in [0.25, 0.3) is 0 Å². The van der Waals surface area contributed by atoms with Crippen LogP contribution in [0.25, 0.3) is 22.7 Å². The van der Waals surface area contributed by atoms with Crippen LogP contribution in [0.4, 0.5) is 5.69 Å². The number of benzene rings is 2. The van der Waals surface area contributed by atoms with Crippen molar-refractivity contribution in [2.24, 2.45) is 7.05 Å². The van der Waals surface area contributed by atoms with Crippen molar-refractivity contribution in [3.8, 4) is 6.07 Å². The maximum Gasteiger partial charge on any atom is 0.221 e. The standard InChI is InChI=1S/C19H16N4O/c1-13(24)21-16-9-7-14(8-10-16)11-15(12-20)19-22-17-5-3-4-6-18(17)23(19)2/h3-11H,1-2H3,(H,21,24)/b15-11+. The zero-order chi connectivity index (χ0) is 17.1. The lowest BCUT2D eigenvalue weighted by Crippen LogP contribution is -2.05. The van der Waals surface area contributed by atoms with E-state index in [4.69, 9.17) is 0 Å². The molecule has 0 spiro atoms. The fourth-order valence-electron chi connectivity index (χ4n) is 2.57. The van der Waals surface area contributed by atoms with Gasteiger partial charge in [-0.3, -0.25) is 4.79 Å². The summed E-state index contributed by atoms with van der Waals surface area (Å²) in [5.41, 5.74) is 3.92. The summed E-state index contributed by atoms with van der Waals surface area (Å²) in [6.07, 6.45) is 1.79. The number of amides is 1. The fourth-order valence-corrected chi connectivity index (χ4v) is 2.57. The van der Waals surface area contributed by atoms with E-state index in [1.54, 1.807) is 18.2 Å². The number of hydrogen-bond donors (Lipinski definition) is 1. The Morgan fingerprint density at radius 2 is 1.92 bits per heavy atom. The normalized spacial score (nSPS) is 11.3. The first-order valence-electron chi connectivity index (χ1n) is 7.50. The van der Waals surface area contributed by atoms with Crippen molar-refractivity contribution in [3.05, 3.63) is 59.9 Å². The lowest BCUT2D eigenvalue weighted by molar-refractivity contribution is -0.114. The third-order valence-electron chi connectivity index (χ3n) is 3.69. The van der Waals surface area contributed by atoms with E-state index in [9.17, 15) is 10.1 Å². The van der Waals surface area contributed by atoms with Crippen LogP contribution in [0.1, 0.15) is 18.3 Å². The van der Waals surface area contributed by atoms with Crippen molar-refractivity contribution >= 4 is 34.3 Å². The molecule has 1 aromatic heterocycles. The average Bonchev–Trinajstić information content (AvgIpc) is 2.91. The first kappa shape index (κ1) is 15.5. The van der Waals surface area contributed by atoms with Gasteiger partial charge in [0.05, 0.1) is 16.6 Å². The number of nitrogens with one attached hydrogen (secondary N) is 1. The molecule has 0 aliphatic carbocycles. The summed E-state index contributed by atoms with van der Waals surface area (Å²) in [7, 11) is 1.90. The molecule has 3 rings (SSSR count). The molecule has 1 N–H and O–H groups in total. The number of nitrogens with zero attached hydrogens (tertiary/aromatic N) is 3. The Morgan fingerprint density at radius 3 is 2.54 bits per heavy atom. The van der Waals surface area contributed by atoms with Crippen LogP contribution >= 0.6 is 0 Å². The number of fused-ring (bicyclic) bond motifs is 1. The molecule has 118 valence electrons. The highest BCUT2D eigenvalue weighted by atomic mass is 16.1. The first-order valence-corrected chi connectivity index (χ1v) is 7.50. The molecule has 0 fully saturated rings. The molecule has 0 aliphatic heterocycles. The summed E-state index contributed by atoms with van der Waals surface area (Å²) in [6.45, 7) is 1.47. The molecule has 1 heterocycles. The second-order valence-corrected chi connectivity index (χ2v) is 5.46. The van der Waals surface area contributed by atoms with Crippen LogP contribution in [0.15, 0.2) is 48.5 Å². The smallest absolute Gasteiger partial charge is 0.221 e.